The molecule has 0 fully saturated rings. The topological polar surface area (TPSA) is 56.5 Å². The maximum Gasteiger partial charge on any atom is 0.355 e. The molecule has 0 saturated heterocycles. The minimum Gasteiger partial charge on any atom is -0.399 e. The van der Waals surface area contributed by atoms with Crippen LogP contribution in [0.2, 0.25) is 0 Å². The van der Waals surface area contributed by atoms with Crippen LogP contribution in [0.1, 0.15) is 0 Å². The molecule has 0 unspecified atom stereocenters. The first kappa shape index (κ1) is 10.3. The van der Waals surface area contributed by atoms with E-state index in [9.17, 15) is 0 Å². The molecule has 0 aromatic heterocycles. The third-order valence-corrected chi connectivity index (χ3v) is 2.76. The van der Waals surface area contributed by atoms with Gasteiger partial charge in [0.2, 0.25) is 0 Å². The van der Waals surface area contributed by atoms with Crippen LogP contribution in [-0.2, 0) is 9.05 Å². The summed E-state index contributed by atoms with van der Waals surface area (Å²) in [6.07, 6.45) is 0. The predicted octanol–water partition coefficient (Wildman–Crippen LogP) is 1.93. The van der Waals surface area contributed by atoms with Crippen LogP contribution in [0.4, 0.5) is 11.4 Å². The quantitative estimate of drug-likeness (QED) is 0.577. The normalized spacial score (nSPS) is 10.4. The molecular weight excluding hydrogens is 187 g/mol. The summed E-state index contributed by atoms with van der Waals surface area (Å²) in [5, 5.41) is 3.11. The fourth-order valence-electron chi connectivity index (χ4n) is 0.870. The maximum atomic E-state index is 5.54. The minimum atomic E-state index is -1.38. The number of hydrogen-bond donors (Lipinski definition) is 2. The van der Waals surface area contributed by atoms with E-state index < -0.39 is 8.53 Å². The summed E-state index contributed by atoms with van der Waals surface area (Å²) in [7, 11) is 1.85. The van der Waals surface area contributed by atoms with Crippen molar-refractivity contribution in [2.24, 2.45) is 0 Å². The second kappa shape index (κ2) is 5.02. The van der Waals surface area contributed by atoms with Gasteiger partial charge in [-0.25, -0.2) is 5.09 Å². The van der Waals surface area contributed by atoms with E-state index in [4.69, 9.17) is 14.8 Å². The highest BCUT2D eigenvalue weighted by molar-refractivity contribution is 7.48. The van der Waals surface area contributed by atoms with Crippen molar-refractivity contribution in [1.29, 1.82) is 0 Å². The van der Waals surface area contributed by atoms with Gasteiger partial charge in [0.1, 0.15) is 0 Å². The second-order valence-corrected chi connectivity index (χ2v) is 4.08. The zero-order chi connectivity index (χ0) is 9.68. The summed E-state index contributed by atoms with van der Waals surface area (Å²) in [5.74, 6) is 0. The maximum absolute atomic E-state index is 5.54. The van der Waals surface area contributed by atoms with Crippen LogP contribution in [0.25, 0.3) is 0 Å². The van der Waals surface area contributed by atoms with Gasteiger partial charge >= 0.3 is 8.53 Å². The lowest BCUT2D eigenvalue weighted by molar-refractivity contribution is 0.345. The van der Waals surface area contributed by atoms with Crippen LogP contribution in [0.3, 0.4) is 0 Å². The molecule has 0 bridgehead atoms. The SMILES string of the molecule is CO[PH+](Nc1ccc(N)cc1)OC. The Morgan fingerprint density at radius 1 is 1.15 bits per heavy atom. The van der Waals surface area contributed by atoms with Gasteiger partial charge in [0.05, 0.1) is 19.9 Å². The third kappa shape index (κ3) is 3.19. The van der Waals surface area contributed by atoms with E-state index in [1.165, 1.54) is 0 Å². The van der Waals surface area contributed by atoms with E-state index in [1.54, 1.807) is 14.2 Å². The molecule has 0 aliphatic carbocycles. The average molecular weight is 201 g/mol. The van der Waals surface area contributed by atoms with Crippen molar-refractivity contribution >= 4 is 19.9 Å². The highest BCUT2D eigenvalue weighted by Crippen LogP contribution is 2.36. The summed E-state index contributed by atoms with van der Waals surface area (Å²) in [5.41, 5.74) is 7.24. The Kier molecular flexibility index (Phi) is 3.96. The third-order valence-electron chi connectivity index (χ3n) is 1.53. The molecule has 1 aromatic rings. The molecule has 0 radical (unpaired) electrons. The van der Waals surface area contributed by atoms with E-state index in [0.29, 0.717) is 0 Å². The molecule has 0 heterocycles. The molecular formula is C8H14N2O2P+. The highest BCUT2D eigenvalue weighted by Gasteiger charge is 2.12. The number of nitrogen functional groups attached to an aromatic ring is 1. The number of benzene rings is 1. The van der Waals surface area contributed by atoms with E-state index >= 15 is 0 Å². The monoisotopic (exact) mass is 201 g/mol. The van der Waals surface area contributed by atoms with Crippen molar-refractivity contribution in [3.05, 3.63) is 24.3 Å². The van der Waals surface area contributed by atoms with Crippen molar-refractivity contribution in [3.63, 3.8) is 0 Å². The molecule has 0 spiro atoms. The zero-order valence-electron chi connectivity index (χ0n) is 7.70. The van der Waals surface area contributed by atoms with Gasteiger partial charge in [-0.3, -0.25) is 0 Å². The molecule has 1 rings (SSSR count). The summed E-state index contributed by atoms with van der Waals surface area (Å²) >= 11 is 0. The fraction of sp³-hybridized carbons (Fsp3) is 0.250. The van der Waals surface area contributed by atoms with Crippen molar-refractivity contribution < 1.29 is 9.05 Å². The first-order chi connectivity index (χ1) is 6.26. The molecule has 72 valence electrons. The first-order valence-electron chi connectivity index (χ1n) is 3.83. The Labute approximate surface area is 79.0 Å². The molecule has 0 aliphatic rings. The number of nitrogens with one attached hydrogen (secondary N) is 1. The van der Waals surface area contributed by atoms with Crippen LogP contribution in [0.15, 0.2) is 24.3 Å². The Morgan fingerprint density at radius 2 is 1.69 bits per heavy atom. The van der Waals surface area contributed by atoms with Crippen molar-refractivity contribution in [3.8, 4) is 0 Å². The lowest BCUT2D eigenvalue weighted by Crippen LogP contribution is -1.95. The Balaban J connectivity index is 2.58. The van der Waals surface area contributed by atoms with Crippen molar-refractivity contribution in [2.45, 2.75) is 0 Å². The molecule has 0 saturated carbocycles. The van der Waals surface area contributed by atoms with Gasteiger partial charge in [-0.15, -0.1) is 0 Å². The van der Waals surface area contributed by atoms with Crippen LogP contribution >= 0.6 is 8.53 Å². The molecule has 4 nitrogen and oxygen atoms in total. The summed E-state index contributed by atoms with van der Waals surface area (Å²) in [4.78, 5) is 0. The molecule has 13 heavy (non-hydrogen) atoms. The first-order valence-corrected chi connectivity index (χ1v) is 5.15. The molecule has 0 amide bonds. The van der Waals surface area contributed by atoms with E-state index in [2.05, 4.69) is 5.09 Å². The average Bonchev–Trinajstić information content (AvgIpc) is 2.17. The summed E-state index contributed by atoms with van der Waals surface area (Å²) in [6.45, 7) is 0. The van der Waals surface area contributed by atoms with Gasteiger partial charge in [0.15, 0.2) is 0 Å². The van der Waals surface area contributed by atoms with Crippen molar-refractivity contribution in [2.75, 3.05) is 25.0 Å². The van der Waals surface area contributed by atoms with Crippen LogP contribution < -0.4 is 10.8 Å². The summed E-state index contributed by atoms with van der Waals surface area (Å²) < 4.78 is 10.1. The largest absolute Gasteiger partial charge is 0.399 e. The fourth-order valence-corrected chi connectivity index (χ4v) is 1.64. The highest BCUT2D eigenvalue weighted by atomic mass is 31.2. The number of anilines is 2. The minimum absolute atomic E-state index is 0.745. The lowest BCUT2D eigenvalue weighted by Gasteiger charge is -2.06. The van der Waals surface area contributed by atoms with Crippen LogP contribution in [-0.4, -0.2) is 14.2 Å². The molecule has 0 aliphatic heterocycles. The zero-order valence-corrected chi connectivity index (χ0v) is 8.70. The smallest absolute Gasteiger partial charge is 0.355 e. The lowest BCUT2D eigenvalue weighted by atomic mass is 10.3. The van der Waals surface area contributed by atoms with Gasteiger partial charge < -0.3 is 5.73 Å². The number of hydrogen-bond acceptors (Lipinski definition) is 4. The van der Waals surface area contributed by atoms with E-state index in [1.807, 2.05) is 24.3 Å². The molecule has 0 atom stereocenters. The van der Waals surface area contributed by atoms with Crippen LogP contribution in [0.5, 0.6) is 0 Å². The van der Waals surface area contributed by atoms with Gasteiger partial charge in [-0.2, -0.15) is 9.05 Å². The molecule has 5 heteroatoms. The number of rotatable bonds is 4. The van der Waals surface area contributed by atoms with Gasteiger partial charge in [0, 0.05) is 5.69 Å². The summed E-state index contributed by atoms with van der Waals surface area (Å²) in [6, 6.07) is 7.43. The Morgan fingerprint density at radius 3 is 2.15 bits per heavy atom. The van der Waals surface area contributed by atoms with Crippen molar-refractivity contribution in [1.82, 2.24) is 0 Å². The van der Waals surface area contributed by atoms with E-state index in [-0.39, 0.29) is 0 Å². The standard InChI is InChI=1S/C8H13N2O2P/c1-11-13(12-2)10-8-5-3-7(9)4-6-8/h3-6,10H,9H2,1-2H3/p+1. The predicted molar refractivity (Wildman–Crippen MR) is 56.8 cm³/mol. The van der Waals surface area contributed by atoms with Gasteiger partial charge in [0.25, 0.3) is 0 Å². The molecule has 1 aromatic carbocycles. The Bertz CT molecular complexity index is 249. The molecule has 3 N–H and O–H groups in total. The Hall–Kier alpha value is -0.830. The van der Waals surface area contributed by atoms with Crippen LogP contribution in [0, 0.1) is 0 Å². The van der Waals surface area contributed by atoms with Gasteiger partial charge in [-0.1, -0.05) is 0 Å². The van der Waals surface area contributed by atoms with Gasteiger partial charge in [-0.05, 0) is 24.3 Å². The van der Waals surface area contributed by atoms with E-state index in [0.717, 1.165) is 11.4 Å². The number of nitrogens with two attached hydrogens (primary N) is 1. The second-order valence-electron chi connectivity index (χ2n) is 2.44.